The van der Waals surface area contributed by atoms with E-state index >= 15 is 0 Å². The zero-order chi connectivity index (χ0) is 19.7. The van der Waals surface area contributed by atoms with E-state index in [4.69, 9.17) is 0 Å². The highest BCUT2D eigenvalue weighted by atomic mass is 16.2. The number of rotatable bonds is 4. The van der Waals surface area contributed by atoms with E-state index in [1.54, 1.807) is 35.0 Å². The summed E-state index contributed by atoms with van der Waals surface area (Å²) >= 11 is 0. The van der Waals surface area contributed by atoms with E-state index in [0.717, 1.165) is 25.0 Å². The highest BCUT2D eigenvalue weighted by Gasteiger charge is 2.29. The van der Waals surface area contributed by atoms with Gasteiger partial charge in [0, 0.05) is 29.5 Å². The highest BCUT2D eigenvalue weighted by Crippen LogP contribution is 2.23. The first-order valence-electron chi connectivity index (χ1n) is 9.51. The molecule has 1 fully saturated rings. The summed E-state index contributed by atoms with van der Waals surface area (Å²) in [6, 6.07) is 7.35. The van der Waals surface area contributed by atoms with Crippen LogP contribution in [0.25, 0.3) is 5.69 Å². The zero-order valence-corrected chi connectivity index (χ0v) is 16.4. The van der Waals surface area contributed by atoms with E-state index in [9.17, 15) is 14.4 Å². The van der Waals surface area contributed by atoms with Crippen molar-refractivity contribution in [3.8, 4) is 5.69 Å². The summed E-state index contributed by atoms with van der Waals surface area (Å²) in [7, 11) is 0. The van der Waals surface area contributed by atoms with E-state index in [1.807, 2.05) is 11.8 Å². The van der Waals surface area contributed by atoms with Gasteiger partial charge in [-0.2, -0.15) is 0 Å². The molecular weight excluding hydrogens is 342 g/mol. The molecule has 2 aromatic rings. The van der Waals surface area contributed by atoms with Crippen molar-refractivity contribution in [2.75, 3.05) is 0 Å². The van der Waals surface area contributed by atoms with E-state index in [1.165, 1.54) is 11.5 Å². The lowest BCUT2D eigenvalue weighted by Crippen LogP contribution is -2.49. The monoisotopic (exact) mass is 369 g/mol. The number of carbonyl (C=O) groups excluding carboxylic acids is 2. The van der Waals surface area contributed by atoms with Gasteiger partial charge in [-0.3, -0.25) is 18.7 Å². The fourth-order valence-corrected chi connectivity index (χ4v) is 4.03. The molecule has 0 radical (unpaired) electrons. The average molecular weight is 369 g/mol. The molecule has 1 aromatic carbocycles. The van der Waals surface area contributed by atoms with Crippen LogP contribution < -0.4 is 5.69 Å². The molecule has 1 aliphatic heterocycles. The second-order valence-electron chi connectivity index (χ2n) is 7.55. The molecule has 0 bridgehead atoms. The number of amides is 1. The summed E-state index contributed by atoms with van der Waals surface area (Å²) in [5.74, 6) is -0.0283. The normalized spacial score (nSPS) is 19.9. The molecule has 6 heteroatoms. The van der Waals surface area contributed by atoms with Crippen LogP contribution in [0.15, 0.2) is 35.3 Å². The number of ketones is 1. The summed E-state index contributed by atoms with van der Waals surface area (Å²) in [6.07, 6.45) is 4.87. The molecule has 1 aromatic heterocycles. The molecule has 1 amide bonds. The van der Waals surface area contributed by atoms with Gasteiger partial charge < -0.3 is 4.90 Å². The number of aromatic nitrogens is 2. The van der Waals surface area contributed by atoms with Crippen LogP contribution in [0.4, 0.5) is 0 Å². The number of imidazole rings is 1. The van der Waals surface area contributed by atoms with Crippen molar-refractivity contribution in [2.24, 2.45) is 0 Å². The van der Waals surface area contributed by atoms with E-state index in [2.05, 4.69) is 13.8 Å². The van der Waals surface area contributed by atoms with Gasteiger partial charge in [-0.1, -0.05) is 0 Å². The van der Waals surface area contributed by atoms with Crippen LogP contribution in [-0.2, 0) is 11.3 Å². The van der Waals surface area contributed by atoms with Crippen molar-refractivity contribution in [1.82, 2.24) is 14.0 Å². The van der Waals surface area contributed by atoms with Crippen LogP contribution in [0.5, 0.6) is 0 Å². The minimum atomic E-state index is -0.242. The molecule has 1 aliphatic rings. The Morgan fingerprint density at radius 2 is 1.67 bits per heavy atom. The summed E-state index contributed by atoms with van der Waals surface area (Å²) in [6.45, 7) is 7.55. The van der Waals surface area contributed by atoms with Gasteiger partial charge in [-0.05, 0) is 71.2 Å². The molecule has 2 heterocycles. The number of piperidine rings is 1. The van der Waals surface area contributed by atoms with Gasteiger partial charge in [0.05, 0.1) is 5.69 Å². The van der Waals surface area contributed by atoms with Gasteiger partial charge in [0.25, 0.3) is 0 Å². The zero-order valence-electron chi connectivity index (χ0n) is 16.4. The standard InChI is InChI=1S/C21H27N3O3/c1-14-6-5-7-15(2)23(14)20(26)13-22-12-16(3)24(21(22)27)19-10-8-18(9-11-19)17(4)25/h8-12,14-15H,5-7,13H2,1-4H3/t14-,15-/m1/s1. The van der Waals surface area contributed by atoms with Crippen molar-refractivity contribution >= 4 is 11.7 Å². The van der Waals surface area contributed by atoms with Gasteiger partial charge in [0.2, 0.25) is 5.91 Å². The fourth-order valence-electron chi connectivity index (χ4n) is 4.03. The molecule has 2 atom stereocenters. The molecule has 144 valence electrons. The Hall–Kier alpha value is -2.63. The summed E-state index contributed by atoms with van der Waals surface area (Å²) in [5.41, 5.74) is 1.80. The minimum absolute atomic E-state index is 0.0131. The third-order valence-electron chi connectivity index (χ3n) is 5.45. The van der Waals surface area contributed by atoms with Crippen molar-refractivity contribution in [3.63, 3.8) is 0 Å². The summed E-state index contributed by atoms with van der Waals surface area (Å²) in [5, 5.41) is 0. The lowest BCUT2D eigenvalue weighted by molar-refractivity contribution is -0.138. The third-order valence-corrected chi connectivity index (χ3v) is 5.45. The number of hydrogen-bond acceptors (Lipinski definition) is 3. The topological polar surface area (TPSA) is 64.3 Å². The number of benzene rings is 1. The lowest BCUT2D eigenvalue weighted by Gasteiger charge is -2.39. The molecule has 3 rings (SSSR count). The summed E-state index contributed by atoms with van der Waals surface area (Å²) < 4.78 is 3.05. The molecular formula is C21H27N3O3. The number of nitrogens with zero attached hydrogens (tertiary/aromatic N) is 3. The maximum atomic E-state index is 12.9. The number of carbonyl (C=O) groups is 2. The second-order valence-corrected chi connectivity index (χ2v) is 7.55. The Balaban J connectivity index is 1.86. The van der Waals surface area contributed by atoms with E-state index < -0.39 is 0 Å². The van der Waals surface area contributed by atoms with Crippen molar-refractivity contribution < 1.29 is 9.59 Å². The first-order valence-corrected chi connectivity index (χ1v) is 9.51. The third kappa shape index (κ3) is 3.75. The predicted molar refractivity (Wildman–Crippen MR) is 104 cm³/mol. The van der Waals surface area contributed by atoms with Gasteiger partial charge >= 0.3 is 5.69 Å². The van der Waals surface area contributed by atoms with Crippen LogP contribution in [0, 0.1) is 6.92 Å². The second kappa shape index (κ2) is 7.55. The van der Waals surface area contributed by atoms with Crippen LogP contribution in [0.2, 0.25) is 0 Å². The maximum Gasteiger partial charge on any atom is 0.333 e. The van der Waals surface area contributed by atoms with Crippen molar-refractivity contribution in [1.29, 1.82) is 0 Å². The maximum absolute atomic E-state index is 12.9. The van der Waals surface area contributed by atoms with Gasteiger partial charge in [0.15, 0.2) is 5.78 Å². The molecule has 0 saturated carbocycles. The summed E-state index contributed by atoms with van der Waals surface area (Å²) in [4.78, 5) is 39.1. The van der Waals surface area contributed by atoms with Gasteiger partial charge in [0.1, 0.15) is 6.54 Å². The van der Waals surface area contributed by atoms with Crippen LogP contribution in [-0.4, -0.2) is 37.8 Å². The van der Waals surface area contributed by atoms with Crippen LogP contribution in [0.1, 0.15) is 56.1 Å². The molecule has 0 N–H and O–H groups in total. The van der Waals surface area contributed by atoms with Crippen LogP contribution in [0.3, 0.4) is 0 Å². The molecule has 6 nitrogen and oxygen atoms in total. The predicted octanol–water partition coefficient (Wildman–Crippen LogP) is 2.94. The van der Waals surface area contributed by atoms with Crippen molar-refractivity contribution in [3.05, 3.63) is 52.2 Å². The lowest BCUT2D eigenvalue weighted by atomic mass is 9.97. The Morgan fingerprint density at radius 1 is 1.07 bits per heavy atom. The highest BCUT2D eigenvalue weighted by molar-refractivity contribution is 5.94. The minimum Gasteiger partial charge on any atom is -0.336 e. The quantitative estimate of drug-likeness (QED) is 0.779. The Labute approximate surface area is 159 Å². The largest absolute Gasteiger partial charge is 0.336 e. The SMILES string of the molecule is CC(=O)c1ccc(-n2c(C)cn(CC(=O)N3[C@H](C)CCC[C@H]3C)c2=O)cc1. The van der Waals surface area contributed by atoms with Crippen molar-refractivity contribution in [2.45, 2.75) is 65.6 Å². The van der Waals surface area contributed by atoms with Crippen LogP contribution >= 0.6 is 0 Å². The molecule has 1 saturated heterocycles. The number of likely N-dealkylation sites (tertiary alicyclic amines) is 1. The first kappa shape index (κ1) is 19.1. The number of hydrogen-bond donors (Lipinski definition) is 0. The van der Waals surface area contributed by atoms with Gasteiger partial charge in [-0.15, -0.1) is 0 Å². The first-order chi connectivity index (χ1) is 12.8. The Morgan fingerprint density at radius 3 is 2.22 bits per heavy atom. The molecule has 0 spiro atoms. The Kier molecular flexibility index (Phi) is 5.35. The van der Waals surface area contributed by atoms with E-state index in [-0.39, 0.29) is 36.0 Å². The smallest absolute Gasteiger partial charge is 0.333 e. The number of aryl methyl sites for hydroxylation is 1. The molecule has 27 heavy (non-hydrogen) atoms. The Bertz CT molecular complexity index is 898. The number of Topliss-reactive ketones (excluding diaryl/α,β-unsaturated/α-hetero) is 1. The fraction of sp³-hybridized carbons (Fsp3) is 0.476. The molecule has 0 aliphatic carbocycles. The average Bonchev–Trinajstić information content (AvgIpc) is 2.88. The van der Waals surface area contributed by atoms with Gasteiger partial charge in [-0.25, -0.2) is 4.79 Å². The molecule has 0 unspecified atom stereocenters. The van der Waals surface area contributed by atoms with E-state index in [0.29, 0.717) is 11.3 Å².